The number of rotatable bonds is 4. The zero-order valence-corrected chi connectivity index (χ0v) is 11.8. The Morgan fingerprint density at radius 2 is 1.89 bits per heavy atom. The Morgan fingerprint density at radius 3 is 2.44 bits per heavy atom. The highest BCUT2D eigenvalue weighted by Gasteiger charge is 2.40. The molecular weight excluding hydrogens is 246 g/mol. The van der Waals surface area contributed by atoms with E-state index < -0.39 is 0 Å². The van der Waals surface area contributed by atoms with Crippen LogP contribution in [0.4, 0.5) is 0 Å². The average molecular weight is 266 g/mol. The minimum Gasteiger partial charge on any atom is -0.370 e. The second kappa shape index (κ2) is 5.87. The van der Waals surface area contributed by atoms with Crippen molar-refractivity contribution in [1.82, 2.24) is 0 Å². The molecule has 2 rings (SSSR count). The molecule has 1 aliphatic rings. The van der Waals surface area contributed by atoms with Gasteiger partial charge >= 0.3 is 0 Å². The van der Waals surface area contributed by atoms with Gasteiger partial charge in [-0.25, -0.2) is 3.89 Å². The molecule has 1 atom stereocenters. The number of morpholine rings is 1. The van der Waals surface area contributed by atoms with Crippen LogP contribution in [0.5, 0.6) is 0 Å². The smallest absolute Gasteiger partial charge is 0.220 e. The minimum absolute atomic E-state index is 0.0219. The molecule has 18 heavy (non-hydrogen) atoms. The van der Waals surface area contributed by atoms with E-state index in [9.17, 15) is 4.79 Å². The van der Waals surface area contributed by atoms with E-state index in [0.29, 0.717) is 0 Å². The second-order valence-electron chi connectivity index (χ2n) is 4.60. The predicted octanol–water partition coefficient (Wildman–Crippen LogP) is 2.38. The first-order valence-electron chi connectivity index (χ1n) is 6.29. The highest BCUT2D eigenvalue weighted by Crippen LogP contribution is 2.28. The first-order chi connectivity index (χ1) is 8.69. The standard InChI is InChI=1S/C14H20NO2S/c1-12(14(16)13-6-4-3-5-7-13)15(18-2)8-10-17-11-9-15/h3-7,12H,8-11H2,1-2H3/q+1. The molecule has 0 spiro atoms. The van der Waals surface area contributed by atoms with Gasteiger partial charge < -0.3 is 4.74 Å². The van der Waals surface area contributed by atoms with Gasteiger partial charge in [0, 0.05) is 11.8 Å². The maximum atomic E-state index is 12.5. The van der Waals surface area contributed by atoms with Gasteiger partial charge in [0.2, 0.25) is 5.78 Å². The van der Waals surface area contributed by atoms with Crippen LogP contribution >= 0.6 is 11.9 Å². The van der Waals surface area contributed by atoms with Crippen LogP contribution in [0.2, 0.25) is 0 Å². The molecule has 0 saturated carbocycles. The van der Waals surface area contributed by atoms with Crippen LogP contribution < -0.4 is 0 Å². The molecule has 1 heterocycles. The lowest BCUT2D eigenvalue weighted by Gasteiger charge is -2.41. The number of hydrogen-bond acceptors (Lipinski definition) is 3. The van der Waals surface area contributed by atoms with E-state index >= 15 is 0 Å². The summed E-state index contributed by atoms with van der Waals surface area (Å²) in [6.45, 7) is 5.33. The molecule has 4 heteroatoms. The topological polar surface area (TPSA) is 26.3 Å². The van der Waals surface area contributed by atoms with Crippen molar-refractivity contribution >= 4 is 17.7 Å². The lowest BCUT2D eigenvalue weighted by atomic mass is 10.0. The Kier molecular flexibility index (Phi) is 4.43. The van der Waals surface area contributed by atoms with Crippen molar-refractivity contribution in [2.75, 3.05) is 32.6 Å². The molecular formula is C14H20NO2S+. The van der Waals surface area contributed by atoms with Gasteiger partial charge in [-0.2, -0.15) is 0 Å². The summed E-state index contributed by atoms with van der Waals surface area (Å²) in [5, 5.41) is 0. The number of Topliss-reactive ketones (excluding diaryl/α,β-unsaturated/α-hetero) is 1. The van der Waals surface area contributed by atoms with Crippen LogP contribution in [0.25, 0.3) is 0 Å². The molecule has 0 N–H and O–H groups in total. The first kappa shape index (κ1) is 13.6. The van der Waals surface area contributed by atoms with E-state index in [4.69, 9.17) is 4.74 Å². The van der Waals surface area contributed by atoms with Crippen molar-refractivity contribution in [1.29, 1.82) is 0 Å². The first-order valence-corrected chi connectivity index (χ1v) is 7.47. The monoisotopic (exact) mass is 266 g/mol. The number of carbonyl (C=O) groups is 1. The maximum absolute atomic E-state index is 12.5. The number of benzene rings is 1. The third kappa shape index (κ3) is 2.60. The molecule has 1 unspecified atom stereocenters. The molecule has 1 fully saturated rings. The summed E-state index contributed by atoms with van der Waals surface area (Å²) in [6, 6.07) is 9.55. The van der Waals surface area contributed by atoms with Gasteiger partial charge in [-0.05, 0) is 6.92 Å². The molecule has 1 aromatic carbocycles. The fourth-order valence-corrected chi connectivity index (χ4v) is 3.36. The molecule has 3 nitrogen and oxygen atoms in total. The Labute approximate surface area is 113 Å². The van der Waals surface area contributed by atoms with Crippen LogP contribution in [-0.4, -0.2) is 48.3 Å². The van der Waals surface area contributed by atoms with Crippen LogP contribution in [0.15, 0.2) is 30.3 Å². The fraction of sp³-hybridized carbons (Fsp3) is 0.500. The molecule has 98 valence electrons. The van der Waals surface area contributed by atoms with E-state index in [1.54, 1.807) is 11.9 Å². The number of hydrogen-bond donors (Lipinski definition) is 0. The SMILES string of the molecule is CS[N+]1(C(C)C(=O)c2ccccc2)CCOCC1. The molecule has 1 aliphatic heterocycles. The van der Waals surface area contributed by atoms with E-state index in [0.717, 1.165) is 35.8 Å². The molecule has 1 aromatic rings. The Morgan fingerprint density at radius 1 is 1.28 bits per heavy atom. The number of nitrogens with zero attached hydrogens (tertiary/aromatic N) is 1. The number of ether oxygens (including phenoxy) is 1. The minimum atomic E-state index is -0.0219. The Balaban J connectivity index is 2.19. The third-order valence-corrected chi connectivity index (χ3v) is 5.14. The summed E-state index contributed by atoms with van der Waals surface area (Å²) in [7, 11) is 0. The quantitative estimate of drug-likeness (QED) is 0.475. The summed E-state index contributed by atoms with van der Waals surface area (Å²) in [5.41, 5.74) is 0.808. The summed E-state index contributed by atoms with van der Waals surface area (Å²) < 4.78 is 6.19. The van der Waals surface area contributed by atoms with Crippen LogP contribution in [0.3, 0.4) is 0 Å². The van der Waals surface area contributed by atoms with E-state index in [2.05, 4.69) is 6.26 Å². The lowest BCUT2D eigenvalue weighted by molar-refractivity contribution is -0.819. The third-order valence-electron chi connectivity index (χ3n) is 3.74. The van der Waals surface area contributed by atoms with E-state index in [-0.39, 0.29) is 11.8 Å². The van der Waals surface area contributed by atoms with E-state index in [1.165, 1.54) is 0 Å². The fourth-order valence-electron chi connectivity index (χ4n) is 2.44. The number of carbonyl (C=O) groups excluding carboxylic acids is 1. The molecule has 0 aromatic heterocycles. The molecule has 0 radical (unpaired) electrons. The van der Waals surface area contributed by atoms with Crippen LogP contribution in [0.1, 0.15) is 17.3 Å². The molecule has 0 bridgehead atoms. The highest BCUT2D eigenvalue weighted by molar-refractivity contribution is 7.93. The number of quaternary nitrogens is 1. The highest BCUT2D eigenvalue weighted by atomic mass is 32.2. The van der Waals surface area contributed by atoms with Gasteiger partial charge in [-0.15, -0.1) is 0 Å². The largest absolute Gasteiger partial charge is 0.370 e. The van der Waals surface area contributed by atoms with Crippen molar-refractivity contribution in [2.24, 2.45) is 0 Å². The van der Waals surface area contributed by atoms with Gasteiger partial charge in [-0.1, -0.05) is 30.3 Å². The van der Waals surface area contributed by atoms with Crippen molar-refractivity contribution in [3.05, 3.63) is 35.9 Å². The maximum Gasteiger partial charge on any atom is 0.220 e. The van der Waals surface area contributed by atoms with Gasteiger partial charge in [0.15, 0.2) is 6.04 Å². The van der Waals surface area contributed by atoms with Gasteiger partial charge in [0.25, 0.3) is 0 Å². The van der Waals surface area contributed by atoms with E-state index in [1.807, 2.05) is 37.3 Å². The normalized spacial score (nSPS) is 20.3. The number of ketones is 1. The summed E-state index contributed by atoms with van der Waals surface area (Å²) >= 11 is 1.76. The summed E-state index contributed by atoms with van der Waals surface area (Å²) in [6.07, 6.45) is 2.08. The zero-order valence-electron chi connectivity index (χ0n) is 11.0. The van der Waals surface area contributed by atoms with Gasteiger partial charge in [-0.3, -0.25) is 4.79 Å². The van der Waals surface area contributed by atoms with Crippen molar-refractivity contribution in [3.8, 4) is 0 Å². The van der Waals surface area contributed by atoms with Crippen molar-refractivity contribution < 1.29 is 13.4 Å². The van der Waals surface area contributed by atoms with Gasteiger partial charge in [0.1, 0.15) is 13.1 Å². The average Bonchev–Trinajstić information content (AvgIpc) is 2.47. The molecule has 1 saturated heterocycles. The molecule has 0 amide bonds. The molecule has 0 aliphatic carbocycles. The lowest BCUT2D eigenvalue weighted by Crippen LogP contribution is -2.57. The second-order valence-corrected chi connectivity index (χ2v) is 5.69. The van der Waals surface area contributed by atoms with Crippen molar-refractivity contribution in [2.45, 2.75) is 13.0 Å². The predicted molar refractivity (Wildman–Crippen MR) is 74.6 cm³/mol. The van der Waals surface area contributed by atoms with Crippen molar-refractivity contribution in [3.63, 3.8) is 0 Å². The Bertz CT molecular complexity index is 402. The summed E-state index contributed by atoms with van der Waals surface area (Å²) in [4.78, 5) is 12.5. The van der Waals surface area contributed by atoms with Gasteiger partial charge in [0.05, 0.1) is 25.2 Å². The summed E-state index contributed by atoms with van der Waals surface area (Å²) in [5.74, 6) is 0.229. The van der Waals surface area contributed by atoms with Crippen LogP contribution in [-0.2, 0) is 4.74 Å². The Hall–Kier alpha value is -0.840. The zero-order chi connectivity index (χ0) is 13.0. The van der Waals surface area contributed by atoms with Crippen LogP contribution in [0, 0.1) is 0 Å².